The molecule has 1 aliphatic carbocycles. The second-order valence-corrected chi connectivity index (χ2v) is 5.61. The van der Waals surface area contributed by atoms with Gasteiger partial charge in [0.05, 0.1) is 19.8 Å². The first kappa shape index (κ1) is 10.1. The Morgan fingerprint density at radius 2 is 1.53 bits per heavy atom. The number of hydrogen-bond donors (Lipinski definition) is 0. The minimum atomic E-state index is -0.658. The quantitative estimate of drug-likeness (QED) is 0.702. The van der Waals surface area contributed by atoms with Gasteiger partial charge in [0, 0.05) is 11.3 Å². The second kappa shape index (κ2) is 3.19. The van der Waals surface area contributed by atoms with Gasteiger partial charge in [0.2, 0.25) is 0 Å². The third-order valence-corrected chi connectivity index (χ3v) is 4.51. The summed E-state index contributed by atoms with van der Waals surface area (Å²) in [5.74, 6) is 0.370. The summed E-state index contributed by atoms with van der Waals surface area (Å²) in [5.41, 5.74) is 0.103. The van der Waals surface area contributed by atoms with Crippen LogP contribution in [0.4, 0.5) is 0 Å². The van der Waals surface area contributed by atoms with Crippen LogP contribution < -0.4 is 0 Å². The predicted molar refractivity (Wildman–Crippen MR) is 55.2 cm³/mol. The van der Waals surface area contributed by atoms with Crippen molar-refractivity contribution in [2.45, 2.75) is 39.1 Å². The van der Waals surface area contributed by atoms with Crippen LogP contribution >= 0.6 is 0 Å². The highest BCUT2D eigenvalue weighted by atomic mass is 16.9. The zero-order valence-corrected chi connectivity index (χ0v) is 9.62. The van der Waals surface area contributed by atoms with Crippen molar-refractivity contribution in [3.8, 4) is 0 Å². The van der Waals surface area contributed by atoms with Gasteiger partial charge >= 0.3 is 0 Å². The average molecular weight is 212 g/mol. The fraction of sp³-hybridized carbons (Fsp3) is 1.00. The first-order valence-corrected chi connectivity index (χ1v) is 6.09. The van der Waals surface area contributed by atoms with Gasteiger partial charge in [-0.05, 0) is 18.8 Å². The maximum absolute atomic E-state index is 5.89. The van der Waals surface area contributed by atoms with E-state index < -0.39 is 5.97 Å². The van der Waals surface area contributed by atoms with Crippen LogP contribution in [0.1, 0.15) is 33.1 Å². The maximum atomic E-state index is 5.89. The first-order valence-electron chi connectivity index (χ1n) is 6.09. The van der Waals surface area contributed by atoms with E-state index in [1.807, 2.05) is 0 Å². The lowest BCUT2D eigenvalue weighted by Gasteiger charge is -2.57. The third kappa shape index (κ3) is 1.30. The molecule has 0 atom stereocenters. The molecular formula is C12H20O3. The molecule has 86 valence electrons. The second-order valence-electron chi connectivity index (χ2n) is 5.61. The summed E-state index contributed by atoms with van der Waals surface area (Å²) in [6, 6.07) is 0. The summed E-state index contributed by atoms with van der Waals surface area (Å²) in [6.07, 6.45) is 3.67. The molecule has 0 spiro atoms. The Morgan fingerprint density at radius 3 is 1.87 bits per heavy atom. The summed E-state index contributed by atoms with van der Waals surface area (Å²) < 4.78 is 17.7. The zero-order valence-electron chi connectivity index (χ0n) is 9.62. The lowest BCUT2D eigenvalue weighted by atomic mass is 9.75. The molecule has 3 aliphatic heterocycles. The van der Waals surface area contributed by atoms with Gasteiger partial charge in [-0.15, -0.1) is 0 Å². The monoisotopic (exact) mass is 212 g/mol. The molecule has 3 saturated heterocycles. The van der Waals surface area contributed by atoms with Crippen molar-refractivity contribution >= 4 is 0 Å². The Kier molecular flexibility index (Phi) is 2.14. The Labute approximate surface area is 91.1 Å². The number of ether oxygens (including phenoxy) is 3. The van der Waals surface area contributed by atoms with Crippen LogP contribution in [0.3, 0.4) is 0 Å². The molecule has 0 aromatic rings. The molecule has 0 unspecified atom stereocenters. The number of rotatable bonds is 2. The summed E-state index contributed by atoms with van der Waals surface area (Å²) in [6.45, 7) is 6.86. The normalized spacial score (nSPS) is 45.8. The van der Waals surface area contributed by atoms with Crippen LogP contribution in [-0.4, -0.2) is 25.8 Å². The van der Waals surface area contributed by atoms with E-state index in [9.17, 15) is 0 Å². The molecule has 4 aliphatic rings. The molecule has 4 fully saturated rings. The molecule has 3 heterocycles. The Morgan fingerprint density at radius 1 is 1.00 bits per heavy atom. The first-order chi connectivity index (χ1) is 7.17. The third-order valence-electron chi connectivity index (χ3n) is 4.51. The van der Waals surface area contributed by atoms with E-state index in [0.29, 0.717) is 11.8 Å². The van der Waals surface area contributed by atoms with Gasteiger partial charge in [0.15, 0.2) is 0 Å². The molecule has 15 heavy (non-hydrogen) atoms. The Balaban J connectivity index is 1.75. The van der Waals surface area contributed by atoms with E-state index >= 15 is 0 Å². The average Bonchev–Trinajstić information content (AvgIpc) is 2.17. The molecule has 1 saturated carbocycles. The summed E-state index contributed by atoms with van der Waals surface area (Å²) in [5, 5.41) is 0. The Hall–Kier alpha value is -0.120. The van der Waals surface area contributed by atoms with Crippen molar-refractivity contribution in [1.29, 1.82) is 0 Å². The molecule has 4 rings (SSSR count). The van der Waals surface area contributed by atoms with Crippen LogP contribution in [0.5, 0.6) is 0 Å². The van der Waals surface area contributed by atoms with E-state index in [1.165, 1.54) is 19.3 Å². The highest BCUT2D eigenvalue weighted by Crippen LogP contribution is 2.50. The molecule has 0 N–H and O–H groups in total. The smallest absolute Gasteiger partial charge is 0.285 e. The molecule has 0 aromatic heterocycles. The number of fused-ring (bicyclic) bond motifs is 3. The van der Waals surface area contributed by atoms with E-state index in [1.54, 1.807) is 0 Å². The van der Waals surface area contributed by atoms with E-state index in [4.69, 9.17) is 14.2 Å². The molecular weight excluding hydrogens is 192 g/mol. The van der Waals surface area contributed by atoms with Gasteiger partial charge in [0.1, 0.15) is 0 Å². The SMILES string of the molecule is CC(C)C12COC(C3CCC3)(OC1)OC2. The van der Waals surface area contributed by atoms with E-state index in [2.05, 4.69) is 13.8 Å². The van der Waals surface area contributed by atoms with Crippen LogP contribution in [0.25, 0.3) is 0 Å². The molecule has 0 amide bonds. The van der Waals surface area contributed by atoms with Crippen molar-refractivity contribution in [1.82, 2.24) is 0 Å². The molecule has 2 bridgehead atoms. The van der Waals surface area contributed by atoms with E-state index in [0.717, 1.165) is 19.8 Å². The van der Waals surface area contributed by atoms with Crippen molar-refractivity contribution in [3.63, 3.8) is 0 Å². The van der Waals surface area contributed by atoms with Crippen LogP contribution in [0.15, 0.2) is 0 Å². The van der Waals surface area contributed by atoms with E-state index in [-0.39, 0.29) is 5.41 Å². The van der Waals surface area contributed by atoms with Crippen LogP contribution in [-0.2, 0) is 14.2 Å². The lowest BCUT2D eigenvalue weighted by molar-refractivity contribution is -0.495. The van der Waals surface area contributed by atoms with Crippen molar-refractivity contribution < 1.29 is 14.2 Å². The lowest BCUT2D eigenvalue weighted by Crippen LogP contribution is -2.65. The largest absolute Gasteiger partial charge is 0.326 e. The van der Waals surface area contributed by atoms with Gasteiger partial charge in [0.25, 0.3) is 5.97 Å². The Bertz CT molecular complexity index is 233. The van der Waals surface area contributed by atoms with Crippen LogP contribution in [0.2, 0.25) is 0 Å². The minimum absolute atomic E-state index is 0.103. The molecule has 3 heteroatoms. The summed E-state index contributed by atoms with van der Waals surface area (Å²) in [7, 11) is 0. The summed E-state index contributed by atoms with van der Waals surface area (Å²) in [4.78, 5) is 0. The maximum Gasteiger partial charge on any atom is 0.285 e. The fourth-order valence-corrected chi connectivity index (χ4v) is 2.60. The highest BCUT2D eigenvalue weighted by Gasteiger charge is 2.58. The standard InChI is InChI=1S/C12H20O3/c1-9(2)11-6-13-12(14-7-11,15-8-11)10-4-3-5-10/h9-10H,3-8H2,1-2H3. The highest BCUT2D eigenvalue weighted by molar-refractivity contribution is 4.94. The van der Waals surface area contributed by atoms with Crippen molar-refractivity contribution in [2.75, 3.05) is 19.8 Å². The topological polar surface area (TPSA) is 27.7 Å². The fourth-order valence-electron chi connectivity index (χ4n) is 2.60. The van der Waals surface area contributed by atoms with Gasteiger partial charge in [-0.2, -0.15) is 0 Å². The van der Waals surface area contributed by atoms with Gasteiger partial charge in [-0.25, -0.2) is 0 Å². The minimum Gasteiger partial charge on any atom is -0.326 e. The van der Waals surface area contributed by atoms with Crippen LogP contribution in [0, 0.1) is 17.3 Å². The van der Waals surface area contributed by atoms with Crippen molar-refractivity contribution in [3.05, 3.63) is 0 Å². The van der Waals surface area contributed by atoms with Gasteiger partial charge < -0.3 is 14.2 Å². The summed E-state index contributed by atoms with van der Waals surface area (Å²) >= 11 is 0. The zero-order chi connectivity index (χ0) is 10.5. The predicted octanol–water partition coefficient (Wildman–Crippen LogP) is 2.16. The molecule has 0 radical (unpaired) electrons. The van der Waals surface area contributed by atoms with Crippen molar-refractivity contribution in [2.24, 2.45) is 17.3 Å². The van der Waals surface area contributed by atoms with Gasteiger partial charge in [-0.1, -0.05) is 20.3 Å². The molecule has 3 nitrogen and oxygen atoms in total. The van der Waals surface area contributed by atoms with Gasteiger partial charge in [-0.3, -0.25) is 0 Å². The molecule has 0 aromatic carbocycles. The number of hydrogen-bond acceptors (Lipinski definition) is 3.